The van der Waals surface area contributed by atoms with Gasteiger partial charge in [-0.25, -0.2) is 9.78 Å². The highest BCUT2D eigenvalue weighted by atomic mass is 16.6. The van der Waals surface area contributed by atoms with Gasteiger partial charge in [0.15, 0.2) is 0 Å². The Kier molecular flexibility index (Phi) is 6.50. The van der Waals surface area contributed by atoms with Crippen molar-refractivity contribution >= 4 is 34.4 Å². The molecule has 2 heterocycles. The molecule has 3 rings (SSSR count). The normalized spacial score (nSPS) is 12.5. The number of aliphatic hydroxyl groups excluding tert-OH is 1. The van der Waals surface area contributed by atoms with Crippen LogP contribution in [0.4, 0.5) is 16.3 Å². The molecular weight excluding hydrogens is 410 g/mol. The van der Waals surface area contributed by atoms with Crippen LogP contribution in [0.5, 0.6) is 0 Å². The quantitative estimate of drug-likeness (QED) is 0.624. The van der Waals surface area contributed by atoms with Gasteiger partial charge in [0.05, 0.1) is 23.9 Å². The summed E-state index contributed by atoms with van der Waals surface area (Å²) >= 11 is 0. The van der Waals surface area contributed by atoms with Crippen molar-refractivity contribution < 1.29 is 19.4 Å². The SMILES string of the molecule is CC(=O)N(Cc1ccc2ccc(NC(=O)OC(C)(C)C)nc2c1)c1cn(C)nc1C(C)O. The van der Waals surface area contributed by atoms with Gasteiger partial charge in [-0.2, -0.15) is 5.10 Å². The number of rotatable bonds is 5. The van der Waals surface area contributed by atoms with Gasteiger partial charge in [-0.15, -0.1) is 0 Å². The molecular formula is C23H29N5O4. The Morgan fingerprint density at radius 1 is 1.25 bits per heavy atom. The zero-order valence-corrected chi connectivity index (χ0v) is 19.2. The summed E-state index contributed by atoms with van der Waals surface area (Å²) in [7, 11) is 1.74. The number of aromatic nitrogens is 3. The number of hydrogen-bond acceptors (Lipinski definition) is 6. The Labute approximate surface area is 187 Å². The van der Waals surface area contributed by atoms with E-state index in [0.29, 0.717) is 22.7 Å². The van der Waals surface area contributed by atoms with Crippen molar-refractivity contribution in [3.05, 3.63) is 47.8 Å². The average Bonchev–Trinajstić information content (AvgIpc) is 3.05. The zero-order chi connectivity index (χ0) is 23.6. The summed E-state index contributed by atoms with van der Waals surface area (Å²) in [6.07, 6.45) is 0.323. The second kappa shape index (κ2) is 8.96. The summed E-state index contributed by atoms with van der Waals surface area (Å²) in [6.45, 7) is 8.74. The average molecular weight is 440 g/mol. The summed E-state index contributed by atoms with van der Waals surface area (Å²) in [6, 6.07) is 9.25. The van der Waals surface area contributed by atoms with Gasteiger partial charge in [-0.05, 0) is 51.5 Å². The molecule has 0 aliphatic carbocycles. The minimum atomic E-state index is -0.812. The van der Waals surface area contributed by atoms with Gasteiger partial charge in [0.25, 0.3) is 0 Å². The first kappa shape index (κ1) is 23.2. The fourth-order valence-corrected chi connectivity index (χ4v) is 3.29. The van der Waals surface area contributed by atoms with E-state index < -0.39 is 17.8 Å². The van der Waals surface area contributed by atoms with E-state index in [4.69, 9.17) is 4.74 Å². The lowest BCUT2D eigenvalue weighted by Gasteiger charge is -2.22. The molecule has 0 spiro atoms. The molecule has 2 amide bonds. The molecule has 3 aromatic rings. The molecule has 1 atom stereocenters. The molecule has 0 bridgehead atoms. The first-order valence-electron chi connectivity index (χ1n) is 10.3. The van der Waals surface area contributed by atoms with Crippen molar-refractivity contribution in [2.24, 2.45) is 7.05 Å². The maximum absolute atomic E-state index is 12.4. The molecule has 1 aromatic carbocycles. The maximum atomic E-state index is 12.4. The molecule has 0 fully saturated rings. The van der Waals surface area contributed by atoms with E-state index >= 15 is 0 Å². The van der Waals surface area contributed by atoms with Gasteiger partial charge >= 0.3 is 6.09 Å². The molecule has 0 radical (unpaired) electrons. The molecule has 170 valence electrons. The van der Waals surface area contributed by atoms with E-state index in [9.17, 15) is 14.7 Å². The Hall–Kier alpha value is -3.46. The van der Waals surface area contributed by atoms with Crippen LogP contribution in [0.15, 0.2) is 36.5 Å². The Balaban J connectivity index is 1.88. The fraction of sp³-hybridized carbons (Fsp3) is 0.391. The lowest BCUT2D eigenvalue weighted by molar-refractivity contribution is -0.116. The van der Waals surface area contributed by atoms with Crippen molar-refractivity contribution in [2.45, 2.75) is 52.9 Å². The third-order valence-electron chi connectivity index (χ3n) is 4.63. The van der Waals surface area contributed by atoms with Crippen LogP contribution < -0.4 is 10.2 Å². The van der Waals surface area contributed by atoms with Crippen molar-refractivity contribution in [2.75, 3.05) is 10.2 Å². The third kappa shape index (κ3) is 5.61. The fourth-order valence-electron chi connectivity index (χ4n) is 3.29. The minimum absolute atomic E-state index is 0.173. The summed E-state index contributed by atoms with van der Waals surface area (Å²) in [4.78, 5) is 30.5. The van der Waals surface area contributed by atoms with Crippen molar-refractivity contribution in [1.29, 1.82) is 0 Å². The standard InChI is InChI=1S/C23H29N5O4/c1-14(29)21-19(13-27(6)26-21)28(15(2)30)12-16-7-8-17-9-10-20(24-18(17)11-16)25-22(31)32-23(3,4)5/h7-11,13-14,29H,12H2,1-6H3,(H,24,25,31). The van der Waals surface area contributed by atoms with Crippen molar-refractivity contribution in [3.8, 4) is 0 Å². The van der Waals surface area contributed by atoms with Crippen LogP contribution in [0.3, 0.4) is 0 Å². The second-order valence-electron chi connectivity index (χ2n) is 8.70. The van der Waals surface area contributed by atoms with Crippen LogP contribution in [0.1, 0.15) is 52.0 Å². The van der Waals surface area contributed by atoms with Crippen molar-refractivity contribution in [1.82, 2.24) is 14.8 Å². The topological polar surface area (TPSA) is 110 Å². The van der Waals surface area contributed by atoms with E-state index in [-0.39, 0.29) is 12.5 Å². The summed E-state index contributed by atoms with van der Waals surface area (Å²) in [5.74, 6) is 0.198. The van der Waals surface area contributed by atoms with Gasteiger partial charge in [-0.3, -0.25) is 14.8 Å². The monoisotopic (exact) mass is 439 g/mol. The molecule has 0 saturated carbocycles. The maximum Gasteiger partial charge on any atom is 0.413 e. The predicted molar refractivity (Wildman–Crippen MR) is 122 cm³/mol. The van der Waals surface area contributed by atoms with Crippen LogP contribution in [0, 0.1) is 0 Å². The molecule has 0 aliphatic heterocycles. The number of fused-ring (bicyclic) bond motifs is 1. The van der Waals surface area contributed by atoms with Gasteiger partial charge in [-0.1, -0.05) is 12.1 Å². The number of amides is 2. The van der Waals surface area contributed by atoms with E-state index in [1.165, 1.54) is 6.92 Å². The third-order valence-corrected chi connectivity index (χ3v) is 4.63. The van der Waals surface area contributed by atoms with Crippen LogP contribution >= 0.6 is 0 Å². The van der Waals surface area contributed by atoms with Crippen molar-refractivity contribution in [3.63, 3.8) is 0 Å². The highest BCUT2D eigenvalue weighted by Crippen LogP contribution is 2.27. The number of anilines is 2. The van der Waals surface area contributed by atoms with Gasteiger partial charge < -0.3 is 14.7 Å². The van der Waals surface area contributed by atoms with E-state index in [2.05, 4.69) is 15.4 Å². The first-order chi connectivity index (χ1) is 14.9. The Bertz CT molecular complexity index is 1150. The molecule has 1 unspecified atom stereocenters. The number of carbonyl (C=O) groups excluding carboxylic acids is 2. The Morgan fingerprint density at radius 3 is 2.56 bits per heavy atom. The highest BCUT2D eigenvalue weighted by molar-refractivity contribution is 5.92. The molecule has 32 heavy (non-hydrogen) atoms. The van der Waals surface area contributed by atoms with Crippen LogP contribution in [0.25, 0.3) is 10.9 Å². The number of hydrogen-bond donors (Lipinski definition) is 2. The zero-order valence-electron chi connectivity index (χ0n) is 19.2. The minimum Gasteiger partial charge on any atom is -0.444 e. The van der Waals surface area contributed by atoms with E-state index in [1.807, 2.05) is 24.3 Å². The summed E-state index contributed by atoms with van der Waals surface area (Å²) < 4.78 is 6.85. The predicted octanol–water partition coefficient (Wildman–Crippen LogP) is 3.92. The van der Waals surface area contributed by atoms with Crippen LogP contribution in [-0.2, 0) is 23.1 Å². The molecule has 0 saturated heterocycles. The summed E-state index contributed by atoms with van der Waals surface area (Å²) in [5, 5.41) is 17.9. The number of nitrogens with one attached hydrogen (secondary N) is 1. The van der Waals surface area contributed by atoms with Crippen LogP contribution in [0.2, 0.25) is 0 Å². The number of aryl methyl sites for hydroxylation is 1. The smallest absolute Gasteiger partial charge is 0.413 e. The molecule has 9 heteroatoms. The largest absolute Gasteiger partial charge is 0.444 e. The van der Waals surface area contributed by atoms with Gasteiger partial charge in [0, 0.05) is 25.6 Å². The number of carbonyl (C=O) groups is 2. The molecule has 2 aromatic heterocycles. The highest BCUT2D eigenvalue weighted by Gasteiger charge is 2.22. The van der Waals surface area contributed by atoms with Gasteiger partial charge in [0.2, 0.25) is 5.91 Å². The van der Waals surface area contributed by atoms with Crippen LogP contribution in [-0.4, -0.2) is 37.5 Å². The molecule has 9 nitrogen and oxygen atoms in total. The number of nitrogens with zero attached hydrogens (tertiary/aromatic N) is 4. The number of pyridine rings is 1. The Morgan fingerprint density at radius 2 is 1.94 bits per heavy atom. The van der Waals surface area contributed by atoms with Gasteiger partial charge in [0.1, 0.15) is 17.1 Å². The molecule has 0 aliphatic rings. The number of aliphatic hydroxyl groups is 1. The number of benzene rings is 1. The lowest BCUT2D eigenvalue weighted by Crippen LogP contribution is -2.28. The first-order valence-corrected chi connectivity index (χ1v) is 10.3. The van der Waals surface area contributed by atoms with E-state index in [0.717, 1.165) is 10.9 Å². The summed E-state index contributed by atoms with van der Waals surface area (Å²) in [5.41, 5.74) is 1.90. The number of ether oxygens (including phenoxy) is 1. The second-order valence-corrected chi connectivity index (χ2v) is 8.70. The van der Waals surface area contributed by atoms with E-state index in [1.54, 1.807) is 56.6 Å². The lowest BCUT2D eigenvalue weighted by atomic mass is 10.1. The molecule has 2 N–H and O–H groups in total.